The highest BCUT2D eigenvalue weighted by Crippen LogP contribution is 2.50. The van der Waals surface area contributed by atoms with Gasteiger partial charge in [-0.05, 0) is 62.7 Å². The van der Waals surface area contributed by atoms with E-state index in [4.69, 9.17) is 9.47 Å². The lowest BCUT2D eigenvalue weighted by atomic mass is 9.71. The molecule has 4 heterocycles. The number of nitrogens with zero attached hydrogens (tertiary/aromatic N) is 3. The van der Waals surface area contributed by atoms with E-state index in [0.29, 0.717) is 10.1 Å². The molecular formula is C26H31N3O4. The molecule has 2 saturated heterocycles. The first kappa shape index (κ1) is 20.8. The number of hydrogen-bond acceptors (Lipinski definition) is 5. The maximum absolute atomic E-state index is 12.8. The standard InChI is InChI=1S/C26H31N3O4/c30-24(21-6-1-2-14-29(21)31)28-17-12-25(13-18-28)10-15-27(16-11-25)19-20-5-3-7-22-23(20)33-26(32-22)8-4-9-26/h1-3,5-7,14H,4,8-13,15-19H2. The van der Waals surface area contributed by atoms with Gasteiger partial charge in [0, 0.05) is 50.2 Å². The van der Waals surface area contributed by atoms with E-state index in [-0.39, 0.29) is 17.4 Å². The van der Waals surface area contributed by atoms with Gasteiger partial charge in [-0.15, -0.1) is 0 Å². The van der Waals surface area contributed by atoms with Gasteiger partial charge >= 0.3 is 5.91 Å². The molecule has 2 spiro atoms. The van der Waals surface area contributed by atoms with E-state index in [1.54, 1.807) is 18.2 Å². The molecule has 7 nitrogen and oxygen atoms in total. The number of carbonyl (C=O) groups is 1. The van der Waals surface area contributed by atoms with E-state index in [2.05, 4.69) is 17.0 Å². The SMILES string of the molecule is O=C(c1cccc[n+]1[O-])N1CCC2(CCN(Cc3cccc4c3OC3(CCC3)O4)CC2)CC1. The molecule has 0 radical (unpaired) electrons. The third-order valence-corrected chi connectivity index (χ3v) is 8.23. The van der Waals surface area contributed by atoms with Gasteiger partial charge in [-0.3, -0.25) is 9.69 Å². The largest absolute Gasteiger partial charge is 0.618 e. The number of amides is 1. The molecule has 0 bridgehead atoms. The van der Waals surface area contributed by atoms with Gasteiger partial charge in [0.2, 0.25) is 0 Å². The van der Waals surface area contributed by atoms with Crippen LogP contribution in [0.15, 0.2) is 42.6 Å². The zero-order valence-electron chi connectivity index (χ0n) is 19.0. The number of rotatable bonds is 3. The molecule has 1 saturated carbocycles. The van der Waals surface area contributed by atoms with E-state index < -0.39 is 0 Å². The minimum Gasteiger partial charge on any atom is -0.618 e. The Morgan fingerprint density at radius 3 is 2.39 bits per heavy atom. The highest BCUT2D eigenvalue weighted by molar-refractivity contribution is 5.91. The van der Waals surface area contributed by atoms with Crippen LogP contribution in [-0.4, -0.2) is 47.7 Å². The van der Waals surface area contributed by atoms with Crippen LogP contribution in [0.3, 0.4) is 0 Å². The van der Waals surface area contributed by atoms with Crippen molar-refractivity contribution in [3.8, 4) is 11.5 Å². The fraction of sp³-hybridized carbons (Fsp3) is 0.538. The molecule has 6 rings (SSSR count). The second-order valence-corrected chi connectivity index (χ2v) is 10.2. The Kier molecular flexibility index (Phi) is 4.98. The van der Waals surface area contributed by atoms with E-state index in [1.807, 2.05) is 11.0 Å². The van der Waals surface area contributed by atoms with Crippen LogP contribution in [0, 0.1) is 10.6 Å². The average molecular weight is 450 g/mol. The average Bonchev–Trinajstić information content (AvgIpc) is 3.23. The summed E-state index contributed by atoms with van der Waals surface area (Å²) in [6, 6.07) is 11.3. The third-order valence-electron chi connectivity index (χ3n) is 8.23. The Bertz CT molecular complexity index is 1050. The van der Waals surface area contributed by atoms with Crippen LogP contribution in [-0.2, 0) is 6.54 Å². The van der Waals surface area contributed by atoms with Crippen molar-refractivity contribution in [3.05, 3.63) is 59.1 Å². The summed E-state index contributed by atoms with van der Waals surface area (Å²) in [6.45, 7) is 4.47. The summed E-state index contributed by atoms with van der Waals surface area (Å²) in [5, 5.41) is 12.0. The highest BCUT2D eigenvalue weighted by atomic mass is 16.7. The van der Waals surface area contributed by atoms with Crippen LogP contribution >= 0.6 is 0 Å². The minimum atomic E-state index is -0.388. The molecule has 3 fully saturated rings. The molecular weight excluding hydrogens is 418 g/mol. The number of ether oxygens (including phenoxy) is 2. The number of benzene rings is 1. The molecule has 4 aliphatic rings. The first-order valence-corrected chi connectivity index (χ1v) is 12.2. The molecule has 0 unspecified atom stereocenters. The number of fused-ring (bicyclic) bond motifs is 1. The molecule has 1 aromatic heterocycles. The first-order valence-electron chi connectivity index (χ1n) is 12.2. The van der Waals surface area contributed by atoms with Crippen molar-refractivity contribution in [1.29, 1.82) is 0 Å². The van der Waals surface area contributed by atoms with Gasteiger partial charge in [0.25, 0.3) is 11.5 Å². The number of para-hydroxylation sites is 1. The second-order valence-electron chi connectivity index (χ2n) is 10.2. The number of hydrogen-bond donors (Lipinski definition) is 0. The third kappa shape index (κ3) is 3.72. The summed E-state index contributed by atoms with van der Waals surface area (Å²) < 4.78 is 13.1. The fourth-order valence-corrected chi connectivity index (χ4v) is 5.83. The predicted octanol–water partition coefficient (Wildman–Crippen LogP) is 3.49. The Labute approximate surface area is 194 Å². The molecule has 0 atom stereocenters. The van der Waals surface area contributed by atoms with Crippen molar-refractivity contribution < 1.29 is 19.0 Å². The fourth-order valence-electron chi connectivity index (χ4n) is 5.83. The maximum atomic E-state index is 12.8. The summed E-state index contributed by atoms with van der Waals surface area (Å²) in [5.41, 5.74) is 1.75. The van der Waals surface area contributed by atoms with Crippen LogP contribution in [0.5, 0.6) is 11.5 Å². The Morgan fingerprint density at radius 1 is 0.939 bits per heavy atom. The zero-order valence-corrected chi connectivity index (χ0v) is 19.0. The van der Waals surface area contributed by atoms with Crippen LogP contribution in [0.25, 0.3) is 0 Å². The summed E-state index contributed by atoms with van der Waals surface area (Å²) in [4.78, 5) is 17.2. The molecule has 1 amide bonds. The van der Waals surface area contributed by atoms with Gasteiger partial charge in [-0.25, -0.2) is 0 Å². The topological polar surface area (TPSA) is 69.0 Å². The Balaban J connectivity index is 1.05. The number of aromatic nitrogens is 1. The lowest BCUT2D eigenvalue weighted by molar-refractivity contribution is -0.608. The lowest BCUT2D eigenvalue weighted by Gasteiger charge is -2.46. The van der Waals surface area contributed by atoms with Crippen molar-refractivity contribution in [1.82, 2.24) is 9.80 Å². The second kappa shape index (κ2) is 7.90. The first-order chi connectivity index (χ1) is 16.0. The van der Waals surface area contributed by atoms with Gasteiger partial charge in [-0.2, -0.15) is 4.73 Å². The van der Waals surface area contributed by atoms with E-state index in [0.717, 1.165) is 82.7 Å². The van der Waals surface area contributed by atoms with Gasteiger partial charge in [0.05, 0.1) is 0 Å². The van der Waals surface area contributed by atoms with Crippen molar-refractivity contribution >= 4 is 5.91 Å². The van der Waals surface area contributed by atoms with Crippen LogP contribution < -0.4 is 14.2 Å². The van der Waals surface area contributed by atoms with Crippen molar-refractivity contribution in [2.24, 2.45) is 5.41 Å². The van der Waals surface area contributed by atoms with E-state index in [9.17, 15) is 10.0 Å². The molecule has 1 aromatic carbocycles. The molecule has 2 aromatic rings. The highest BCUT2D eigenvalue weighted by Gasteiger charge is 2.48. The quantitative estimate of drug-likeness (QED) is 0.530. The Hall–Kier alpha value is -2.80. The zero-order chi connectivity index (χ0) is 22.5. The molecule has 33 heavy (non-hydrogen) atoms. The minimum absolute atomic E-state index is 0.151. The van der Waals surface area contributed by atoms with Gasteiger partial charge in [0.15, 0.2) is 17.7 Å². The molecule has 7 heteroatoms. The molecule has 1 aliphatic carbocycles. The number of piperidine rings is 2. The van der Waals surface area contributed by atoms with Crippen molar-refractivity contribution in [2.45, 2.75) is 57.3 Å². The summed E-state index contributed by atoms with van der Waals surface area (Å²) in [7, 11) is 0. The van der Waals surface area contributed by atoms with Crippen molar-refractivity contribution in [3.63, 3.8) is 0 Å². The lowest BCUT2D eigenvalue weighted by Crippen LogP contribution is -2.50. The Morgan fingerprint density at radius 2 is 1.70 bits per heavy atom. The van der Waals surface area contributed by atoms with Gasteiger partial charge in [0.1, 0.15) is 0 Å². The van der Waals surface area contributed by atoms with Gasteiger partial charge < -0.3 is 19.6 Å². The maximum Gasteiger partial charge on any atom is 0.319 e. The molecule has 174 valence electrons. The van der Waals surface area contributed by atoms with E-state index >= 15 is 0 Å². The monoisotopic (exact) mass is 449 g/mol. The normalized spacial score (nSPS) is 23.0. The summed E-state index contributed by atoms with van der Waals surface area (Å²) >= 11 is 0. The summed E-state index contributed by atoms with van der Waals surface area (Å²) in [6.07, 6.45) is 8.84. The van der Waals surface area contributed by atoms with Gasteiger partial charge in [-0.1, -0.05) is 12.1 Å². The van der Waals surface area contributed by atoms with Crippen LogP contribution in [0.2, 0.25) is 0 Å². The predicted molar refractivity (Wildman–Crippen MR) is 122 cm³/mol. The summed E-state index contributed by atoms with van der Waals surface area (Å²) in [5.74, 6) is 1.31. The smallest absolute Gasteiger partial charge is 0.319 e. The molecule has 3 aliphatic heterocycles. The number of carbonyl (C=O) groups excluding carboxylic acids is 1. The number of pyridine rings is 1. The van der Waals surface area contributed by atoms with Crippen molar-refractivity contribution in [2.75, 3.05) is 26.2 Å². The van der Waals surface area contributed by atoms with Crippen LogP contribution in [0.4, 0.5) is 0 Å². The number of likely N-dealkylation sites (tertiary alicyclic amines) is 2. The van der Waals surface area contributed by atoms with Crippen LogP contribution in [0.1, 0.15) is 61.0 Å². The molecule has 0 N–H and O–H groups in total. The van der Waals surface area contributed by atoms with E-state index in [1.165, 1.54) is 18.2 Å².